The van der Waals surface area contributed by atoms with Crippen molar-refractivity contribution in [2.24, 2.45) is 0 Å². The molecule has 88 heavy (non-hydrogen) atoms. The molecule has 0 spiro atoms. The van der Waals surface area contributed by atoms with Crippen molar-refractivity contribution in [2.45, 2.75) is 222 Å². The highest BCUT2D eigenvalue weighted by molar-refractivity contribution is 6.13. The third-order valence-corrected chi connectivity index (χ3v) is 18.4. The van der Waals surface area contributed by atoms with Gasteiger partial charge in [0.25, 0.3) is 0 Å². The highest BCUT2D eigenvalue weighted by Gasteiger charge is 2.22. The van der Waals surface area contributed by atoms with Crippen LogP contribution in [-0.4, -0.2) is 19.9 Å². The first-order valence-corrected chi connectivity index (χ1v) is 33.1. The number of hydrogen-bond donors (Lipinski definition) is 0. The van der Waals surface area contributed by atoms with E-state index in [1.807, 2.05) is 107 Å². The highest BCUT2D eigenvalue weighted by atomic mass is 14.7. The van der Waals surface area contributed by atoms with Crippen LogP contribution in [-0.2, 0) is 0 Å². The molecule has 0 radical (unpaired) electrons. The van der Waals surface area contributed by atoms with Crippen molar-refractivity contribution in [3.05, 3.63) is 209 Å². The van der Waals surface area contributed by atoms with E-state index in [9.17, 15) is 0 Å². The molecular weight excluding hydrogens is 1060 g/mol. The standard InChI is InChI=1S/2C24H30.2C12H8N2.6C2H6/c2*1-11-12(2)16(6)22-20(10)24-18(8)14(4)13(3)17(7)23(24)19(9)21(22)15(11)5;2*1-3-9-5-6-10-4-2-8-14-12(10)11(9)13-7-1;6*1-2/h2*1-10H3;2*1-8H;6*1-2H3. The molecule has 12 aromatic rings. The number of aromatic nitrogens is 4. The maximum atomic E-state index is 4.35. The summed E-state index contributed by atoms with van der Waals surface area (Å²) in [5.74, 6) is 0. The third-order valence-electron chi connectivity index (χ3n) is 18.4. The lowest BCUT2D eigenvalue weighted by molar-refractivity contribution is 1.22. The van der Waals surface area contributed by atoms with Crippen LogP contribution < -0.4 is 0 Å². The molecule has 4 heterocycles. The average Bonchev–Trinajstić information content (AvgIpc) is 0.882. The Morgan fingerprint density at radius 1 is 0.159 bits per heavy atom. The van der Waals surface area contributed by atoms with Crippen LogP contribution in [0.25, 0.3) is 86.7 Å². The first-order chi connectivity index (χ1) is 42.1. The van der Waals surface area contributed by atoms with Gasteiger partial charge < -0.3 is 0 Å². The molecule has 0 unspecified atom stereocenters. The van der Waals surface area contributed by atoms with Crippen molar-refractivity contribution in [3.8, 4) is 0 Å². The fraction of sp³-hybridized carbons (Fsp3) is 0.381. The summed E-state index contributed by atoms with van der Waals surface area (Å²) in [6.07, 6.45) is 7.21. The summed E-state index contributed by atoms with van der Waals surface area (Å²) < 4.78 is 0. The molecule has 4 heteroatoms. The van der Waals surface area contributed by atoms with E-state index in [2.05, 4.69) is 207 Å². The number of aryl methyl sites for hydroxylation is 12. The molecule has 0 amide bonds. The van der Waals surface area contributed by atoms with Crippen LogP contribution in [0.15, 0.2) is 97.6 Å². The second kappa shape index (κ2) is 33.7. The number of rotatable bonds is 0. The Kier molecular flexibility index (Phi) is 28.6. The van der Waals surface area contributed by atoms with Gasteiger partial charge in [-0.25, -0.2) is 0 Å². The topological polar surface area (TPSA) is 51.6 Å². The molecule has 12 rings (SSSR count). The molecular formula is C84H112N4. The van der Waals surface area contributed by atoms with E-state index in [-0.39, 0.29) is 0 Å². The second-order valence-electron chi connectivity index (χ2n) is 21.9. The lowest BCUT2D eigenvalue weighted by Crippen LogP contribution is -2.03. The SMILES string of the molecule is CC.CC.CC.CC.CC.CC.Cc1c(C)c(C)c2c(C)c3c(C)c(C)c(C)c(C)c3c(C)c2c1C.Cc1c(C)c(C)c2c(C)c3c(C)c(C)c(C)c(C)c3c(C)c2c1C.c1cnc2c(c1)ccc1cccnc12.c1cnc2c(c1)ccc1cccnc12. The van der Waals surface area contributed by atoms with Crippen LogP contribution in [0.4, 0.5) is 0 Å². The predicted molar refractivity (Wildman–Crippen MR) is 400 cm³/mol. The number of nitrogens with zero attached hydrogens (tertiary/aromatic N) is 4. The molecule has 0 aliphatic rings. The van der Waals surface area contributed by atoms with Crippen LogP contribution >= 0.6 is 0 Å². The van der Waals surface area contributed by atoms with Gasteiger partial charge in [0.15, 0.2) is 0 Å². The smallest absolute Gasteiger partial charge is 0.0964 e. The van der Waals surface area contributed by atoms with Gasteiger partial charge in [-0.2, -0.15) is 0 Å². The Balaban J connectivity index is 0.000000296. The summed E-state index contributed by atoms with van der Waals surface area (Å²) >= 11 is 0. The first-order valence-electron chi connectivity index (χ1n) is 33.1. The zero-order chi connectivity index (χ0) is 66.9. The second-order valence-corrected chi connectivity index (χ2v) is 21.9. The Morgan fingerprint density at radius 2 is 0.284 bits per heavy atom. The van der Waals surface area contributed by atoms with Gasteiger partial charge in [0.1, 0.15) is 0 Å². The molecule has 0 aliphatic heterocycles. The number of pyridine rings is 4. The molecule has 8 aromatic carbocycles. The molecule has 4 nitrogen and oxygen atoms in total. The highest BCUT2D eigenvalue weighted by Crippen LogP contribution is 2.44. The van der Waals surface area contributed by atoms with Crippen molar-refractivity contribution >= 4 is 86.7 Å². The molecule has 0 fully saturated rings. The van der Waals surface area contributed by atoms with E-state index in [1.165, 1.54) is 154 Å². The Morgan fingerprint density at radius 3 is 0.409 bits per heavy atom. The van der Waals surface area contributed by atoms with E-state index in [1.54, 1.807) is 24.8 Å². The fourth-order valence-corrected chi connectivity index (χ4v) is 12.9. The quantitative estimate of drug-likeness (QED) is 0.112. The van der Waals surface area contributed by atoms with E-state index < -0.39 is 0 Å². The third kappa shape index (κ3) is 14.1. The van der Waals surface area contributed by atoms with E-state index >= 15 is 0 Å². The maximum Gasteiger partial charge on any atom is 0.0964 e. The van der Waals surface area contributed by atoms with Crippen molar-refractivity contribution in [3.63, 3.8) is 0 Å². The summed E-state index contributed by atoms with van der Waals surface area (Å²) in [5, 5.41) is 16.4. The molecule has 0 aliphatic carbocycles. The minimum atomic E-state index is 0.977. The Labute approximate surface area is 534 Å². The summed E-state index contributed by atoms with van der Waals surface area (Å²) in [7, 11) is 0. The summed E-state index contributed by atoms with van der Waals surface area (Å²) in [5.41, 5.74) is 32.9. The zero-order valence-electron chi connectivity index (χ0n) is 61.0. The van der Waals surface area contributed by atoms with Crippen molar-refractivity contribution in [1.82, 2.24) is 19.9 Å². The monoisotopic (exact) mass is 1180 g/mol. The Bertz CT molecular complexity index is 3660. The number of fused-ring (bicyclic) bond motifs is 10. The predicted octanol–water partition coefficient (Wildman–Crippen LogP) is 25.9. The molecule has 0 bridgehead atoms. The average molecular weight is 1180 g/mol. The van der Waals surface area contributed by atoms with E-state index in [0.717, 1.165) is 43.6 Å². The first kappa shape index (κ1) is 74.7. The van der Waals surface area contributed by atoms with Gasteiger partial charge in [0.05, 0.1) is 22.1 Å². The van der Waals surface area contributed by atoms with Gasteiger partial charge in [0.2, 0.25) is 0 Å². The molecule has 4 aromatic heterocycles. The van der Waals surface area contributed by atoms with Gasteiger partial charge >= 0.3 is 0 Å². The van der Waals surface area contributed by atoms with Crippen LogP contribution in [0, 0.1) is 138 Å². The lowest BCUT2D eigenvalue weighted by Gasteiger charge is -2.24. The van der Waals surface area contributed by atoms with Gasteiger partial charge in [0, 0.05) is 46.3 Å². The molecule has 0 saturated heterocycles. The minimum absolute atomic E-state index is 0.977. The van der Waals surface area contributed by atoms with Gasteiger partial charge in [-0.15, -0.1) is 0 Å². The number of benzene rings is 8. The largest absolute Gasteiger partial charge is 0.254 e. The molecule has 468 valence electrons. The molecule has 0 atom stereocenters. The lowest BCUT2D eigenvalue weighted by atomic mass is 9.80. The number of hydrogen-bond acceptors (Lipinski definition) is 4. The fourth-order valence-electron chi connectivity index (χ4n) is 12.9. The van der Waals surface area contributed by atoms with Gasteiger partial charge in [-0.3, -0.25) is 19.9 Å². The summed E-state index contributed by atoms with van der Waals surface area (Å²) in [6.45, 7) is 69.9. The Hall–Kier alpha value is -7.56. The van der Waals surface area contributed by atoms with E-state index in [0.29, 0.717) is 0 Å². The van der Waals surface area contributed by atoms with Gasteiger partial charge in [-0.05, 0) is 317 Å². The minimum Gasteiger partial charge on any atom is -0.254 e. The van der Waals surface area contributed by atoms with E-state index in [4.69, 9.17) is 0 Å². The summed E-state index contributed by atoms with van der Waals surface area (Å²) in [6, 6.07) is 24.3. The van der Waals surface area contributed by atoms with Crippen LogP contribution in [0.3, 0.4) is 0 Å². The molecule has 0 saturated carbocycles. The zero-order valence-corrected chi connectivity index (χ0v) is 61.0. The maximum absolute atomic E-state index is 4.35. The van der Waals surface area contributed by atoms with Crippen molar-refractivity contribution < 1.29 is 0 Å². The van der Waals surface area contributed by atoms with Crippen molar-refractivity contribution in [1.29, 1.82) is 0 Å². The van der Waals surface area contributed by atoms with Crippen LogP contribution in [0.5, 0.6) is 0 Å². The van der Waals surface area contributed by atoms with Gasteiger partial charge in [-0.1, -0.05) is 132 Å². The van der Waals surface area contributed by atoms with Crippen molar-refractivity contribution in [2.75, 3.05) is 0 Å². The summed E-state index contributed by atoms with van der Waals surface area (Å²) in [4.78, 5) is 17.4. The normalized spacial score (nSPS) is 10.3. The van der Waals surface area contributed by atoms with Crippen LogP contribution in [0.2, 0.25) is 0 Å². The molecule has 0 N–H and O–H groups in total. The van der Waals surface area contributed by atoms with Crippen LogP contribution in [0.1, 0.15) is 194 Å².